The monoisotopic (exact) mass is 238 g/mol. The molecule has 0 saturated carbocycles. The van der Waals surface area contributed by atoms with E-state index in [1.807, 2.05) is 12.1 Å². The van der Waals surface area contributed by atoms with Gasteiger partial charge in [-0.2, -0.15) is 0 Å². The molecular weight excluding hydrogens is 220 g/mol. The standard InChI is InChI=1S/C12H18N2OS/c1-9-5-4-6-11(10(9)2)14-12(16)13-7-8-15-3/h4-6H,7-8H2,1-3H3,(H2,13,14,16). The van der Waals surface area contributed by atoms with Gasteiger partial charge in [-0.1, -0.05) is 12.1 Å². The average Bonchev–Trinajstić information content (AvgIpc) is 2.25. The lowest BCUT2D eigenvalue weighted by Gasteiger charge is -2.13. The smallest absolute Gasteiger partial charge is 0.170 e. The van der Waals surface area contributed by atoms with Crippen molar-refractivity contribution in [3.63, 3.8) is 0 Å². The van der Waals surface area contributed by atoms with Gasteiger partial charge in [-0.3, -0.25) is 0 Å². The molecule has 0 amide bonds. The molecule has 0 fully saturated rings. The summed E-state index contributed by atoms with van der Waals surface area (Å²) in [6, 6.07) is 6.12. The molecule has 0 unspecified atom stereocenters. The summed E-state index contributed by atoms with van der Waals surface area (Å²) < 4.78 is 4.94. The third-order valence-corrected chi connectivity index (χ3v) is 2.69. The zero-order valence-electron chi connectivity index (χ0n) is 9.96. The molecule has 0 aliphatic carbocycles. The Bertz CT molecular complexity index is 366. The van der Waals surface area contributed by atoms with Gasteiger partial charge in [-0.25, -0.2) is 0 Å². The molecule has 0 spiro atoms. The number of nitrogens with one attached hydrogen (secondary N) is 2. The lowest BCUT2D eigenvalue weighted by molar-refractivity contribution is 0.204. The van der Waals surface area contributed by atoms with Crippen LogP contribution in [0.2, 0.25) is 0 Å². The first-order valence-corrected chi connectivity index (χ1v) is 5.66. The van der Waals surface area contributed by atoms with Gasteiger partial charge in [0.1, 0.15) is 0 Å². The number of anilines is 1. The number of rotatable bonds is 4. The third-order valence-electron chi connectivity index (χ3n) is 2.44. The minimum Gasteiger partial charge on any atom is -0.383 e. The van der Waals surface area contributed by atoms with Crippen LogP contribution < -0.4 is 10.6 Å². The second-order valence-corrected chi connectivity index (χ2v) is 4.03. The first-order valence-electron chi connectivity index (χ1n) is 5.25. The van der Waals surface area contributed by atoms with Gasteiger partial charge in [-0.05, 0) is 43.3 Å². The van der Waals surface area contributed by atoms with Gasteiger partial charge < -0.3 is 15.4 Å². The molecule has 0 aliphatic heterocycles. The molecule has 1 aromatic carbocycles. The fourth-order valence-electron chi connectivity index (χ4n) is 1.32. The fourth-order valence-corrected chi connectivity index (χ4v) is 1.53. The SMILES string of the molecule is COCCNC(=S)Nc1cccc(C)c1C. The maximum absolute atomic E-state index is 5.17. The summed E-state index contributed by atoms with van der Waals surface area (Å²) in [5, 5.41) is 6.88. The average molecular weight is 238 g/mol. The first kappa shape index (κ1) is 12.9. The van der Waals surface area contributed by atoms with Crippen LogP contribution in [0.4, 0.5) is 5.69 Å². The van der Waals surface area contributed by atoms with Gasteiger partial charge in [-0.15, -0.1) is 0 Å². The van der Waals surface area contributed by atoms with Gasteiger partial charge in [0.15, 0.2) is 5.11 Å². The molecule has 0 radical (unpaired) electrons. The van der Waals surface area contributed by atoms with Gasteiger partial charge in [0.25, 0.3) is 0 Å². The van der Waals surface area contributed by atoms with Crippen LogP contribution in [0.15, 0.2) is 18.2 Å². The van der Waals surface area contributed by atoms with Crippen LogP contribution in [0.1, 0.15) is 11.1 Å². The fraction of sp³-hybridized carbons (Fsp3) is 0.417. The molecule has 0 aliphatic rings. The number of aryl methyl sites for hydroxylation is 1. The normalized spacial score (nSPS) is 9.94. The van der Waals surface area contributed by atoms with Gasteiger partial charge in [0, 0.05) is 19.3 Å². The highest BCUT2D eigenvalue weighted by atomic mass is 32.1. The molecule has 0 aromatic heterocycles. The van der Waals surface area contributed by atoms with Crippen LogP contribution in [-0.2, 0) is 4.74 Å². The van der Waals surface area contributed by atoms with Crippen LogP contribution >= 0.6 is 12.2 Å². The van der Waals surface area contributed by atoms with E-state index in [1.165, 1.54) is 11.1 Å². The van der Waals surface area contributed by atoms with E-state index in [1.54, 1.807) is 7.11 Å². The molecule has 0 atom stereocenters. The van der Waals surface area contributed by atoms with Crippen molar-refractivity contribution in [3.8, 4) is 0 Å². The van der Waals surface area contributed by atoms with Crippen molar-refractivity contribution in [2.75, 3.05) is 25.6 Å². The van der Waals surface area contributed by atoms with Gasteiger partial charge >= 0.3 is 0 Å². The number of hydrogen-bond acceptors (Lipinski definition) is 2. The van der Waals surface area contributed by atoms with E-state index in [4.69, 9.17) is 17.0 Å². The van der Waals surface area contributed by atoms with Gasteiger partial charge in [0.2, 0.25) is 0 Å². The summed E-state index contributed by atoms with van der Waals surface area (Å²) in [5.74, 6) is 0. The number of thiocarbonyl (C=S) groups is 1. The van der Waals surface area contributed by atoms with E-state index in [-0.39, 0.29) is 0 Å². The first-order chi connectivity index (χ1) is 7.65. The van der Waals surface area contributed by atoms with Crippen molar-refractivity contribution in [1.82, 2.24) is 5.32 Å². The van der Waals surface area contributed by atoms with Crippen LogP contribution in [0.25, 0.3) is 0 Å². The van der Waals surface area contributed by atoms with Crippen molar-refractivity contribution in [1.29, 1.82) is 0 Å². The van der Waals surface area contributed by atoms with Crippen molar-refractivity contribution in [3.05, 3.63) is 29.3 Å². The Kier molecular flexibility index (Phi) is 5.22. The zero-order valence-corrected chi connectivity index (χ0v) is 10.8. The highest BCUT2D eigenvalue weighted by Gasteiger charge is 2.01. The molecule has 0 saturated heterocycles. The maximum atomic E-state index is 5.17. The predicted octanol–water partition coefficient (Wildman–Crippen LogP) is 2.24. The number of ether oxygens (including phenoxy) is 1. The van der Waals surface area contributed by atoms with Crippen molar-refractivity contribution >= 4 is 23.0 Å². The molecule has 2 N–H and O–H groups in total. The molecule has 1 rings (SSSR count). The summed E-state index contributed by atoms with van der Waals surface area (Å²) in [7, 11) is 1.67. The predicted molar refractivity (Wildman–Crippen MR) is 72.0 cm³/mol. The Hall–Kier alpha value is -1.13. The van der Waals surface area contributed by atoms with E-state index >= 15 is 0 Å². The van der Waals surface area contributed by atoms with Crippen molar-refractivity contribution in [2.45, 2.75) is 13.8 Å². The Morgan fingerprint density at radius 1 is 1.38 bits per heavy atom. The Morgan fingerprint density at radius 2 is 2.12 bits per heavy atom. The van der Waals surface area contributed by atoms with Crippen molar-refractivity contribution < 1.29 is 4.74 Å². The summed E-state index contributed by atoms with van der Waals surface area (Å²) in [6.45, 7) is 5.53. The van der Waals surface area contributed by atoms with E-state index in [2.05, 4.69) is 30.5 Å². The highest BCUT2D eigenvalue weighted by Crippen LogP contribution is 2.17. The Morgan fingerprint density at radius 3 is 2.81 bits per heavy atom. The van der Waals surface area contributed by atoms with E-state index in [0.29, 0.717) is 18.3 Å². The van der Waals surface area contributed by atoms with E-state index in [9.17, 15) is 0 Å². The molecule has 3 nitrogen and oxygen atoms in total. The Balaban J connectivity index is 2.53. The molecule has 4 heteroatoms. The van der Waals surface area contributed by atoms with Crippen LogP contribution in [-0.4, -0.2) is 25.4 Å². The summed E-state index contributed by atoms with van der Waals surface area (Å²) >= 11 is 5.17. The van der Waals surface area contributed by atoms with Crippen LogP contribution in [0.5, 0.6) is 0 Å². The number of hydrogen-bond donors (Lipinski definition) is 2. The van der Waals surface area contributed by atoms with Gasteiger partial charge in [0.05, 0.1) is 6.61 Å². The molecule has 1 aromatic rings. The molecular formula is C12H18N2OS. The van der Waals surface area contributed by atoms with Crippen molar-refractivity contribution in [2.24, 2.45) is 0 Å². The number of methoxy groups -OCH3 is 1. The largest absolute Gasteiger partial charge is 0.383 e. The Labute approximate surface area is 102 Å². The molecule has 16 heavy (non-hydrogen) atoms. The van der Waals surface area contributed by atoms with Crippen LogP contribution in [0, 0.1) is 13.8 Å². The molecule has 0 bridgehead atoms. The lowest BCUT2D eigenvalue weighted by Crippen LogP contribution is -2.31. The van der Waals surface area contributed by atoms with E-state index in [0.717, 1.165) is 5.69 Å². The van der Waals surface area contributed by atoms with E-state index < -0.39 is 0 Å². The highest BCUT2D eigenvalue weighted by molar-refractivity contribution is 7.80. The second kappa shape index (κ2) is 6.45. The summed E-state index contributed by atoms with van der Waals surface area (Å²) in [6.07, 6.45) is 0. The molecule has 0 heterocycles. The van der Waals surface area contributed by atoms with Crippen LogP contribution in [0.3, 0.4) is 0 Å². The third kappa shape index (κ3) is 3.79. The molecule has 88 valence electrons. The maximum Gasteiger partial charge on any atom is 0.170 e. The minimum atomic E-state index is 0.630. The number of benzene rings is 1. The minimum absolute atomic E-state index is 0.630. The lowest BCUT2D eigenvalue weighted by atomic mass is 10.1. The second-order valence-electron chi connectivity index (χ2n) is 3.62. The topological polar surface area (TPSA) is 33.3 Å². The zero-order chi connectivity index (χ0) is 12.0. The quantitative estimate of drug-likeness (QED) is 0.622. The summed E-state index contributed by atoms with van der Waals surface area (Å²) in [5.41, 5.74) is 3.53. The summed E-state index contributed by atoms with van der Waals surface area (Å²) in [4.78, 5) is 0.